The van der Waals surface area contributed by atoms with Crippen LogP contribution in [0.4, 0.5) is 5.82 Å². The number of aromatic hydroxyl groups is 1. The van der Waals surface area contributed by atoms with Gasteiger partial charge < -0.3 is 14.9 Å². The van der Waals surface area contributed by atoms with Crippen molar-refractivity contribution in [2.24, 2.45) is 5.92 Å². The normalized spacial score (nSPS) is 14.8. The maximum absolute atomic E-state index is 12.8. The van der Waals surface area contributed by atoms with E-state index < -0.39 is 0 Å². The second kappa shape index (κ2) is 7.99. The fraction of sp³-hybridized carbons (Fsp3) is 0.409. The lowest BCUT2D eigenvalue weighted by Gasteiger charge is -2.36. The molecule has 1 saturated heterocycles. The first-order valence-corrected chi connectivity index (χ1v) is 10.9. The third kappa shape index (κ3) is 3.92. The molecule has 0 saturated carbocycles. The van der Waals surface area contributed by atoms with Crippen LogP contribution >= 0.6 is 11.3 Å². The molecule has 1 fully saturated rings. The van der Waals surface area contributed by atoms with E-state index in [2.05, 4.69) is 29.1 Å². The van der Waals surface area contributed by atoms with Gasteiger partial charge >= 0.3 is 0 Å². The summed E-state index contributed by atoms with van der Waals surface area (Å²) < 4.78 is 0. The van der Waals surface area contributed by atoms with E-state index >= 15 is 0 Å². The van der Waals surface area contributed by atoms with Crippen molar-refractivity contribution in [1.29, 1.82) is 0 Å². The Hall–Kier alpha value is -2.67. The van der Waals surface area contributed by atoms with E-state index in [0.29, 0.717) is 37.7 Å². The van der Waals surface area contributed by atoms with Crippen LogP contribution in [0.3, 0.4) is 0 Å². The van der Waals surface area contributed by atoms with Gasteiger partial charge in [0.15, 0.2) is 0 Å². The smallest absolute Gasteiger partial charge is 0.257 e. The summed E-state index contributed by atoms with van der Waals surface area (Å²) in [5.74, 6) is 2.24. The molecule has 1 aliphatic rings. The van der Waals surface area contributed by atoms with Crippen LogP contribution in [0.25, 0.3) is 10.2 Å². The summed E-state index contributed by atoms with van der Waals surface area (Å²) in [7, 11) is 0. The number of aryl methyl sites for hydroxylation is 1. The van der Waals surface area contributed by atoms with Crippen LogP contribution in [0.2, 0.25) is 0 Å². The number of hydrogen-bond donors (Lipinski definition) is 1. The van der Waals surface area contributed by atoms with Gasteiger partial charge in [-0.25, -0.2) is 9.97 Å². The van der Waals surface area contributed by atoms with Crippen LogP contribution in [0.15, 0.2) is 29.6 Å². The highest BCUT2D eigenvalue weighted by Gasteiger charge is 2.26. The van der Waals surface area contributed by atoms with Gasteiger partial charge in [0.1, 0.15) is 22.2 Å². The summed E-state index contributed by atoms with van der Waals surface area (Å²) in [6.07, 6.45) is 1.01. The van der Waals surface area contributed by atoms with E-state index in [1.807, 2.05) is 6.92 Å². The van der Waals surface area contributed by atoms with Gasteiger partial charge in [-0.05, 0) is 42.3 Å². The average molecular weight is 411 g/mol. The monoisotopic (exact) mass is 410 g/mol. The van der Waals surface area contributed by atoms with Crippen LogP contribution in [-0.4, -0.2) is 52.1 Å². The van der Waals surface area contributed by atoms with Gasteiger partial charge in [0.2, 0.25) is 0 Å². The van der Waals surface area contributed by atoms with E-state index in [4.69, 9.17) is 4.98 Å². The Morgan fingerprint density at radius 2 is 1.90 bits per heavy atom. The predicted molar refractivity (Wildman–Crippen MR) is 117 cm³/mol. The van der Waals surface area contributed by atoms with Gasteiger partial charge in [-0.2, -0.15) is 0 Å². The average Bonchev–Trinajstić information content (AvgIpc) is 3.09. The number of phenols is 1. The van der Waals surface area contributed by atoms with Gasteiger partial charge in [-0.3, -0.25) is 4.79 Å². The lowest BCUT2D eigenvalue weighted by Crippen LogP contribution is -2.49. The van der Waals surface area contributed by atoms with Crippen LogP contribution in [0, 0.1) is 12.8 Å². The number of para-hydroxylation sites is 1. The number of amides is 1. The van der Waals surface area contributed by atoms with Crippen molar-refractivity contribution in [2.45, 2.75) is 27.2 Å². The van der Waals surface area contributed by atoms with E-state index in [1.54, 1.807) is 40.5 Å². The summed E-state index contributed by atoms with van der Waals surface area (Å²) in [6.45, 7) is 9.00. The van der Waals surface area contributed by atoms with Gasteiger partial charge in [0, 0.05) is 26.2 Å². The lowest BCUT2D eigenvalue weighted by atomic mass is 10.0. The molecule has 29 heavy (non-hydrogen) atoms. The van der Waals surface area contributed by atoms with Crippen LogP contribution in [0.1, 0.15) is 35.6 Å². The molecule has 4 rings (SSSR count). The predicted octanol–water partition coefficient (Wildman–Crippen LogP) is 3.87. The molecule has 0 spiro atoms. The zero-order valence-electron chi connectivity index (χ0n) is 17.1. The Bertz CT molecular complexity index is 1040. The number of aromatic nitrogens is 2. The standard InChI is InChI=1S/C22H26N4O2S/c1-14(2)12-16-13-29-21-19(16)20(23-15(3)24-21)25-8-10-26(11-9-25)22(28)17-6-4-5-7-18(17)27/h4-7,13-14,27H,8-12H2,1-3H3. The topological polar surface area (TPSA) is 69.6 Å². The molecule has 0 aliphatic carbocycles. The third-order valence-electron chi connectivity index (χ3n) is 5.23. The maximum Gasteiger partial charge on any atom is 0.257 e. The Morgan fingerprint density at radius 3 is 2.59 bits per heavy atom. The van der Waals surface area contributed by atoms with Crippen LogP contribution < -0.4 is 4.90 Å². The van der Waals surface area contributed by atoms with Gasteiger partial charge in [0.25, 0.3) is 5.91 Å². The second-order valence-electron chi connectivity index (χ2n) is 7.93. The molecule has 3 aromatic rings. The van der Waals surface area contributed by atoms with Crippen molar-refractivity contribution in [1.82, 2.24) is 14.9 Å². The van der Waals surface area contributed by atoms with E-state index in [0.717, 1.165) is 28.3 Å². The van der Waals surface area contributed by atoms with Gasteiger partial charge in [-0.1, -0.05) is 26.0 Å². The highest BCUT2D eigenvalue weighted by molar-refractivity contribution is 7.17. The van der Waals surface area contributed by atoms with Crippen molar-refractivity contribution in [2.75, 3.05) is 31.1 Å². The third-order valence-corrected chi connectivity index (χ3v) is 6.15. The number of fused-ring (bicyclic) bond motifs is 1. The van der Waals surface area contributed by atoms with E-state index in [-0.39, 0.29) is 11.7 Å². The SMILES string of the molecule is Cc1nc(N2CCN(C(=O)c3ccccc3O)CC2)c2c(CC(C)C)csc2n1. The molecule has 6 nitrogen and oxygen atoms in total. The van der Waals surface area contributed by atoms with E-state index in [1.165, 1.54) is 5.56 Å². The molecule has 152 valence electrons. The molecule has 2 aromatic heterocycles. The molecular formula is C22H26N4O2S. The van der Waals surface area contributed by atoms with Gasteiger partial charge in [0.05, 0.1) is 10.9 Å². The Labute approximate surface area is 174 Å². The Balaban J connectivity index is 1.57. The molecule has 1 N–H and O–H groups in total. The molecule has 0 bridgehead atoms. The van der Waals surface area contributed by atoms with Crippen LogP contribution in [0.5, 0.6) is 5.75 Å². The van der Waals surface area contributed by atoms with Crippen LogP contribution in [-0.2, 0) is 6.42 Å². The number of rotatable bonds is 4. The first kappa shape index (κ1) is 19.6. The number of nitrogens with zero attached hydrogens (tertiary/aromatic N) is 4. The number of anilines is 1. The molecule has 0 atom stereocenters. The molecule has 1 aromatic carbocycles. The lowest BCUT2D eigenvalue weighted by molar-refractivity contribution is 0.0743. The first-order chi connectivity index (χ1) is 13.9. The van der Waals surface area contributed by atoms with Crippen molar-refractivity contribution in [3.05, 3.63) is 46.6 Å². The number of carbonyl (C=O) groups excluding carboxylic acids is 1. The molecular weight excluding hydrogens is 384 g/mol. The first-order valence-electron chi connectivity index (χ1n) is 10.0. The maximum atomic E-state index is 12.8. The summed E-state index contributed by atoms with van der Waals surface area (Å²) in [6, 6.07) is 6.72. The minimum atomic E-state index is -0.122. The van der Waals surface area contributed by atoms with E-state index in [9.17, 15) is 9.90 Å². The van der Waals surface area contributed by atoms with Crippen molar-refractivity contribution in [3.63, 3.8) is 0 Å². The number of piperazine rings is 1. The zero-order chi connectivity index (χ0) is 20.5. The summed E-state index contributed by atoms with van der Waals surface area (Å²) >= 11 is 1.68. The molecule has 7 heteroatoms. The molecule has 1 amide bonds. The molecule has 0 unspecified atom stereocenters. The largest absolute Gasteiger partial charge is 0.507 e. The highest BCUT2D eigenvalue weighted by atomic mass is 32.1. The fourth-order valence-electron chi connectivity index (χ4n) is 3.85. The number of hydrogen-bond acceptors (Lipinski definition) is 6. The quantitative estimate of drug-likeness (QED) is 0.707. The Morgan fingerprint density at radius 1 is 1.17 bits per heavy atom. The number of phenolic OH excluding ortho intramolecular Hbond substituents is 1. The summed E-state index contributed by atoms with van der Waals surface area (Å²) in [5, 5.41) is 13.4. The summed E-state index contributed by atoms with van der Waals surface area (Å²) in [5.41, 5.74) is 1.67. The fourth-order valence-corrected chi connectivity index (χ4v) is 4.84. The zero-order valence-corrected chi connectivity index (χ0v) is 17.9. The van der Waals surface area contributed by atoms with Crippen molar-refractivity contribution < 1.29 is 9.90 Å². The number of thiophene rings is 1. The summed E-state index contributed by atoms with van der Waals surface area (Å²) in [4.78, 5) is 27.3. The minimum Gasteiger partial charge on any atom is -0.507 e. The molecule has 0 radical (unpaired) electrons. The van der Waals surface area contributed by atoms with Crippen molar-refractivity contribution >= 4 is 33.3 Å². The highest BCUT2D eigenvalue weighted by Crippen LogP contribution is 2.34. The van der Waals surface area contributed by atoms with Gasteiger partial charge in [-0.15, -0.1) is 11.3 Å². The minimum absolute atomic E-state index is 0.0321. The molecule has 1 aliphatic heterocycles. The number of benzene rings is 1. The molecule has 3 heterocycles. The second-order valence-corrected chi connectivity index (χ2v) is 8.79. The number of carbonyl (C=O) groups is 1. The van der Waals surface area contributed by atoms with Crippen molar-refractivity contribution in [3.8, 4) is 5.75 Å². The Kier molecular flexibility index (Phi) is 5.41.